The first-order chi connectivity index (χ1) is 12.4. The zero-order chi connectivity index (χ0) is 18.7. The number of likely N-dealkylation sites (tertiary alicyclic amines) is 1. The van der Waals surface area contributed by atoms with Gasteiger partial charge in [-0.15, -0.1) is 0 Å². The van der Waals surface area contributed by atoms with Gasteiger partial charge in [-0.05, 0) is 32.4 Å². The number of nitrogens with zero attached hydrogens (tertiary/aromatic N) is 1. The molecule has 2 amide bonds. The fraction of sp³-hybridized carbons (Fsp3) is 0.600. The molecule has 0 aliphatic carbocycles. The predicted molar refractivity (Wildman–Crippen MR) is 105 cm³/mol. The van der Waals surface area contributed by atoms with Gasteiger partial charge in [0, 0.05) is 37.5 Å². The second kappa shape index (κ2) is 8.01. The van der Waals surface area contributed by atoms with Crippen molar-refractivity contribution in [2.24, 2.45) is 0 Å². The minimum absolute atomic E-state index is 0.00616. The molecule has 2 heterocycles. The van der Waals surface area contributed by atoms with Crippen LogP contribution in [0.2, 0.25) is 0 Å². The van der Waals surface area contributed by atoms with E-state index >= 15 is 0 Å². The van der Waals surface area contributed by atoms with Crippen molar-refractivity contribution in [3.05, 3.63) is 35.4 Å². The summed E-state index contributed by atoms with van der Waals surface area (Å²) in [7, 11) is 0. The van der Waals surface area contributed by atoms with Crippen molar-refractivity contribution in [1.82, 2.24) is 10.2 Å². The van der Waals surface area contributed by atoms with Crippen molar-refractivity contribution in [3.63, 3.8) is 0 Å². The molecule has 0 radical (unpaired) electrons. The maximum atomic E-state index is 12.7. The Morgan fingerprint density at radius 3 is 2.58 bits per heavy atom. The number of benzene rings is 1. The first-order valence-corrected chi connectivity index (χ1v) is 10.6. The molecule has 0 saturated carbocycles. The summed E-state index contributed by atoms with van der Waals surface area (Å²) in [5.74, 6) is 1.13. The predicted octanol–water partition coefficient (Wildman–Crippen LogP) is 1.52. The molecule has 2 saturated heterocycles. The van der Waals surface area contributed by atoms with E-state index in [9.17, 15) is 9.59 Å². The highest BCUT2D eigenvalue weighted by atomic mass is 32.2. The topological polar surface area (TPSA) is 66.0 Å². The summed E-state index contributed by atoms with van der Waals surface area (Å²) in [5, 5.41) is 5.35. The Kier molecular flexibility index (Phi) is 5.92. The lowest BCUT2D eigenvalue weighted by atomic mass is 10.0. The minimum Gasteiger partial charge on any atom is -0.348 e. The molecule has 1 aromatic carbocycles. The Bertz CT molecular complexity index is 654. The third kappa shape index (κ3) is 4.23. The number of amides is 2. The molecule has 5 nitrogen and oxygen atoms in total. The van der Waals surface area contributed by atoms with Gasteiger partial charge in [0.25, 0.3) is 11.8 Å². The Morgan fingerprint density at radius 1 is 1.31 bits per heavy atom. The van der Waals surface area contributed by atoms with Crippen LogP contribution in [0.15, 0.2) is 24.3 Å². The SMILES string of the molecule is CC[C@@H](C)NC(=O)[C@@H]1CSC2(CCN(C(=O)c3ccc(C)cc3)CC2)[NH2+]1. The molecule has 1 spiro atoms. The number of carbonyl (C=O) groups is 2. The van der Waals surface area contributed by atoms with Crippen molar-refractivity contribution in [3.8, 4) is 0 Å². The standard InChI is InChI=1S/C20H29N3O2S/c1-4-15(3)21-18(24)17-13-26-20(22-17)9-11-23(12-10-20)19(25)16-7-5-14(2)6-8-16/h5-8,15,17,22H,4,9-13H2,1-3H3,(H,21,24)/p+1/t15-,17+/m1/s1. The zero-order valence-corrected chi connectivity index (χ0v) is 16.8. The number of nitrogens with one attached hydrogen (secondary N) is 1. The van der Waals surface area contributed by atoms with Gasteiger partial charge in [-0.3, -0.25) is 9.59 Å². The van der Waals surface area contributed by atoms with Gasteiger partial charge in [0.05, 0.1) is 5.75 Å². The number of carbonyl (C=O) groups excluding carboxylic acids is 2. The highest BCUT2D eigenvalue weighted by Crippen LogP contribution is 2.34. The van der Waals surface area contributed by atoms with Crippen LogP contribution in [0.4, 0.5) is 0 Å². The molecule has 0 bridgehead atoms. The van der Waals surface area contributed by atoms with Gasteiger partial charge in [0.2, 0.25) is 0 Å². The van der Waals surface area contributed by atoms with Gasteiger partial charge in [0.15, 0.2) is 6.04 Å². The lowest BCUT2D eigenvalue weighted by Crippen LogP contribution is -3.00. The van der Waals surface area contributed by atoms with Crippen molar-refractivity contribution in [1.29, 1.82) is 0 Å². The van der Waals surface area contributed by atoms with Crippen LogP contribution in [-0.4, -0.2) is 52.5 Å². The van der Waals surface area contributed by atoms with Gasteiger partial charge in [0.1, 0.15) is 4.87 Å². The van der Waals surface area contributed by atoms with Crippen LogP contribution in [-0.2, 0) is 4.79 Å². The van der Waals surface area contributed by atoms with E-state index in [4.69, 9.17) is 0 Å². The summed E-state index contributed by atoms with van der Waals surface area (Å²) < 4.78 is 0. The molecule has 142 valence electrons. The monoisotopic (exact) mass is 376 g/mol. The number of quaternary nitrogens is 1. The molecule has 2 aliphatic rings. The highest BCUT2D eigenvalue weighted by molar-refractivity contribution is 8.00. The Balaban J connectivity index is 1.54. The van der Waals surface area contributed by atoms with E-state index in [-0.39, 0.29) is 28.8 Å². The normalized spacial score (nSPS) is 23.0. The van der Waals surface area contributed by atoms with Crippen molar-refractivity contribution >= 4 is 23.6 Å². The molecule has 6 heteroatoms. The summed E-state index contributed by atoms with van der Waals surface area (Å²) in [6.45, 7) is 7.68. The van der Waals surface area contributed by atoms with Gasteiger partial charge < -0.3 is 15.5 Å². The van der Waals surface area contributed by atoms with E-state index < -0.39 is 0 Å². The van der Waals surface area contributed by atoms with Gasteiger partial charge >= 0.3 is 0 Å². The molecule has 0 unspecified atom stereocenters. The van der Waals surface area contributed by atoms with E-state index in [0.717, 1.165) is 49.2 Å². The van der Waals surface area contributed by atoms with Gasteiger partial charge in [-0.1, -0.05) is 36.4 Å². The van der Waals surface area contributed by atoms with Crippen molar-refractivity contribution in [2.75, 3.05) is 18.8 Å². The van der Waals surface area contributed by atoms with Crippen molar-refractivity contribution in [2.45, 2.75) is 57.0 Å². The molecule has 3 rings (SSSR count). The number of thioether (sulfide) groups is 1. The summed E-state index contributed by atoms with van der Waals surface area (Å²) in [6.07, 6.45) is 2.82. The maximum absolute atomic E-state index is 12.7. The molecule has 2 aliphatic heterocycles. The molecule has 0 aromatic heterocycles. The van der Waals surface area contributed by atoms with E-state index in [2.05, 4.69) is 17.6 Å². The summed E-state index contributed by atoms with van der Waals surface area (Å²) >= 11 is 1.89. The third-order valence-electron chi connectivity index (χ3n) is 5.59. The quantitative estimate of drug-likeness (QED) is 0.837. The van der Waals surface area contributed by atoms with Crippen LogP contribution < -0.4 is 10.6 Å². The summed E-state index contributed by atoms with van der Waals surface area (Å²) in [5.41, 5.74) is 1.93. The van der Waals surface area contributed by atoms with E-state index in [1.807, 2.05) is 54.8 Å². The van der Waals surface area contributed by atoms with Crippen LogP contribution in [0.5, 0.6) is 0 Å². The molecular weight excluding hydrogens is 346 g/mol. The fourth-order valence-electron chi connectivity index (χ4n) is 3.60. The van der Waals surface area contributed by atoms with E-state index in [0.29, 0.717) is 0 Å². The summed E-state index contributed by atoms with van der Waals surface area (Å²) in [4.78, 5) is 27.1. The number of nitrogens with two attached hydrogens (primary N) is 1. The van der Waals surface area contributed by atoms with Gasteiger partial charge in [-0.2, -0.15) is 0 Å². The lowest BCUT2D eigenvalue weighted by Gasteiger charge is -2.36. The average molecular weight is 377 g/mol. The number of piperidine rings is 1. The Labute approximate surface area is 160 Å². The zero-order valence-electron chi connectivity index (χ0n) is 16.0. The van der Waals surface area contributed by atoms with E-state index in [1.165, 1.54) is 0 Å². The molecule has 3 N–H and O–H groups in total. The van der Waals surface area contributed by atoms with Gasteiger partial charge in [-0.25, -0.2) is 0 Å². The van der Waals surface area contributed by atoms with Crippen LogP contribution in [0.3, 0.4) is 0 Å². The number of aryl methyl sites for hydroxylation is 1. The van der Waals surface area contributed by atoms with Crippen LogP contribution in [0.1, 0.15) is 49.0 Å². The largest absolute Gasteiger partial charge is 0.348 e. The Hall–Kier alpha value is -1.53. The molecular formula is C20H30N3O2S+. The van der Waals surface area contributed by atoms with E-state index in [1.54, 1.807) is 0 Å². The third-order valence-corrected chi connectivity index (χ3v) is 7.23. The van der Waals surface area contributed by atoms with Crippen molar-refractivity contribution < 1.29 is 14.9 Å². The first-order valence-electron chi connectivity index (χ1n) is 9.59. The van der Waals surface area contributed by atoms with Crippen LogP contribution in [0, 0.1) is 6.92 Å². The number of rotatable bonds is 4. The molecule has 2 fully saturated rings. The second-order valence-electron chi connectivity index (χ2n) is 7.63. The minimum atomic E-state index is -0.00616. The smallest absolute Gasteiger partial charge is 0.279 e. The number of hydrogen-bond acceptors (Lipinski definition) is 3. The maximum Gasteiger partial charge on any atom is 0.279 e. The summed E-state index contributed by atoms with van der Waals surface area (Å²) in [6, 6.07) is 8.01. The lowest BCUT2D eigenvalue weighted by molar-refractivity contribution is -0.714. The average Bonchev–Trinajstić information content (AvgIpc) is 3.06. The second-order valence-corrected chi connectivity index (χ2v) is 9.06. The number of hydrogen-bond donors (Lipinski definition) is 2. The highest BCUT2D eigenvalue weighted by Gasteiger charge is 2.48. The molecule has 1 aromatic rings. The fourth-order valence-corrected chi connectivity index (χ4v) is 5.09. The molecule has 2 atom stereocenters. The first kappa shape index (κ1) is 19.2. The van der Waals surface area contributed by atoms with Crippen LogP contribution >= 0.6 is 11.8 Å². The van der Waals surface area contributed by atoms with Crippen LogP contribution in [0.25, 0.3) is 0 Å². The Morgan fingerprint density at radius 2 is 1.96 bits per heavy atom. The molecule has 26 heavy (non-hydrogen) atoms.